The van der Waals surface area contributed by atoms with E-state index in [1.807, 2.05) is 13.8 Å². The minimum atomic E-state index is -0.467. The smallest absolute Gasteiger partial charge is 0.329 e. The Balaban J connectivity index is 2.62. The number of ether oxygens (including phenoxy) is 1. The zero-order valence-corrected chi connectivity index (χ0v) is 13.8. The van der Waals surface area contributed by atoms with Crippen LogP contribution in [0.5, 0.6) is 0 Å². The van der Waals surface area contributed by atoms with Crippen molar-refractivity contribution in [1.29, 1.82) is 0 Å². The molecule has 0 saturated heterocycles. The van der Waals surface area contributed by atoms with Gasteiger partial charge in [-0.05, 0) is 25.3 Å². The summed E-state index contributed by atoms with van der Waals surface area (Å²) in [5.41, 5.74) is 0.823. The van der Waals surface area contributed by atoms with Crippen LogP contribution in [0.25, 0.3) is 0 Å². The van der Waals surface area contributed by atoms with Crippen molar-refractivity contribution in [3.63, 3.8) is 0 Å². The first-order valence-corrected chi connectivity index (χ1v) is 8.93. The first-order valence-electron chi connectivity index (χ1n) is 7.40. The molecule has 0 aromatic carbocycles. The van der Waals surface area contributed by atoms with E-state index in [4.69, 9.17) is 4.74 Å². The number of esters is 1. The van der Waals surface area contributed by atoms with E-state index in [0.717, 1.165) is 10.7 Å². The van der Waals surface area contributed by atoms with E-state index in [1.54, 1.807) is 0 Å². The third-order valence-corrected chi connectivity index (χ3v) is 5.73. The van der Waals surface area contributed by atoms with E-state index < -0.39 is 9.52 Å². The largest absolute Gasteiger partial charge is 0.460 e. The first kappa shape index (κ1) is 15.5. The van der Waals surface area contributed by atoms with E-state index in [0.29, 0.717) is 5.92 Å². The lowest BCUT2D eigenvalue weighted by Gasteiger charge is -2.22. The van der Waals surface area contributed by atoms with Crippen LogP contribution >= 0.6 is 0 Å². The van der Waals surface area contributed by atoms with Crippen LogP contribution in [-0.4, -0.2) is 21.6 Å². The molecule has 0 bridgehead atoms. The highest BCUT2D eigenvalue weighted by Gasteiger charge is 2.21. The van der Waals surface area contributed by atoms with Crippen LogP contribution in [0.1, 0.15) is 59.8 Å². The Bertz CT molecular complexity index is 289. The van der Waals surface area contributed by atoms with Crippen molar-refractivity contribution in [2.24, 2.45) is 5.92 Å². The van der Waals surface area contributed by atoms with Crippen LogP contribution in [0.15, 0.2) is 11.3 Å². The van der Waals surface area contributed by atoms with Gasteiger partial charge in [0.2, 0.25) is 0 Å². The average molecular weight is 268 g/mol. The number of carbonyl (C=O) groups excluding carboxylic acids is 1. The number of carbonyl (C=O) groups is 1. The number of hydrogen-bond acceptors (Lipinski definition) is 2. The number of hydrogen-bond donors (Lipinski definition) is 0. The lowest BCUT2D eigenvalue weighted by atomic mass is 10.0. The standard InChI is InChI=1S/C15H28O2Si/c1-11(2)10-14(15(16)17-12(3)4)18-13-8-6-5-7-9-13/h10-13H,5-9,18H2,1-4H3. The van der Waals surface area contributed by atoms with Gasteiger partial charge in [0.05, 0.1) is 15.6 Å². The minimum Gasteiger partial charge on any atom is -0.460 e. The average Bonchev–Trinajstić information content (AvgIpc) is 2.28. The van der Waals surface area contributed by atoms with Gasteiger partial charge >= 0.3 is 5.97 Å². The summed E-state index contributed by atoms with van der Waals surface area (Å²) < 4.78 is 5.38. The Labute approximate surface area is 114 Å². The predicted molar refractivity (Wildman–Crippen MR) is 79.5 cm³/mol. The molecular formula is C15H28O2Si. The van der Waals surface area contributed by atoms with Crippen LogP contribution < -0.4 is 0 Å². The van der Waals surface area contributed by atoms with Crippen LogP contribution in [0.4, 0.5) is 0 Å². The van der Waals surface area contributed by atoms with Crippen LogP contribution in [0, 0.1) is 5.92 Å². The van der Waals surface area contributed by atoms with Gasteiger partial charge in [-0.15, -0.1) is 0 Å². The third-order valence-electron chi connectivity index (χ3n) is 3.37. The van der Waals surface area contributed by atoms with Crippen molar-refractivity contribution < 1.29 is 9.53 Å². The molecule has 0 aliphatic heterocycles. The zero-order valence-electron chi connectivity index (χ0n) is 12.4. The molecule has 104 valence electrons. The molecule has 1 saturated carbocycles. The van der Waals surface area contributed by atoms with Gasteiger partial charge in [-0.1, -0.05) is 52.0 Å². The molecule has 1 aliphatic carbocycles. The van der Waals surface area contributed by atoms with E-state index in [1.165, 1.54) is 32.1 Å². The molecule has 0 radical (unpaired) electrons. The molecule has 0 N–H and O–H groups in total. The van der Waals surface area contributed by atoms with Crippen LogP contribution in [-0.2, 0) is 9.53 Å². The van der Waals surface area contributed by atoms with Gasteiger partial charge in [-0.25, -0.2) is 4.79 Å². The van der Waals surface area contributed by atoms with E-state index in [9.17, 15) is 4.79 Å². The fourth-order valence-corrected chi connectivity index (χ4v) is 5.08. The summed E-state index contributed by atoms with van der Waals surface area (Å²) in [6, 6.07) is 0. The highest BCUT2D eigenvalue weighted by atomic mass is 28.2. The normalized spacial score (nSPS) is 19.1. The maximum absolute atomic E-state index is 12.1. The maximum Gasteiger partial charge on any atom is 0.329 e. The molecule has 3 heteroatoms. The number of rotatable bonds is 5. The molecule has 2 nitrogen and oxygen atoms in total. The summed E-state index contributed by atoms with van der Waals surface area (Å²) in [6.45, 7) is 8.12. The van der Waals surface area contributed by atoms with Gasteiger partial charge in [0.15, 0.2) is 0 Å². The van der Waals surface area contributed by atoms with Gasteiger partial charge in [-0.2, -0.15) is 0 Å². The minimum absolute atomic E-state index is 0.00609. The molecular weight excluding hydrogens is 240 g/mol. The lowest BCUT2D eigenvalue weighted by Crippen LogP contribution is -2.21. The quantitative estimate of drug-likeness (QED) is 0.434. The molecule has 1 fully saturated rings. The topological polar surface area (TPSA) is 26.3 Å². The van der Waals surface area contributed by atoms with Gasteiger partial charge < -0.3 is 4.74 Å². The summed E-state index contributed by atoms with van der Waals surface area (Å²) in [5, 5.41) is 1.03. The SMILES string of the molecule is CC(C)C=C([SiH2]C1CCCCC1)C(=O)OC(C)C. The summed E-state index contributed by atoms with van der Waals surface area (Å²) in [5.74, 6) is 0.395. The Hall–Kier alpha value is -0.573. The Kier molecular flexibility index (Phi) is 6.69. The van der Waals surface area contributed by atoms with Gasteiger partial charge in [0.1, 0.15) is 0 Å². The third kappa shape index (κ3) is 5.85. The molecule has 0 heterocycles. The lowest BCUT2D eigenvalue weighted by molar-refractivity contribution is -0.141. The maximum atomic E-state index is 12.1. The first-order chi connectivity index (χ1) is 8.49. The fraction of sp³-hybridized carbons (Fsp3) is 0.800. The van der Waals surface area contributed by atoms with Crippen LogP contribution in [0.3, 0.4) is 0 Å². The second-order valence-corrected chi connectivity index (χ2v) is 8.42. The Morgan fingerprint density at radius 1 is 1.17 bits per heavy atom. The van der Waals surface area contributed by atoms with Crippen molar-refractivity contribution >= 4 is 15.5 Å². The summed E-state index contributed by atoms with van der Waals surface area (Å²) in [6.07, 6.45) is 8.88. The Morgan fingerprint density at radius 3 is 2.28 bits per heavy atom. The van der Waals surface area contributed by atoms with Crippen molar-refractivity contribution in [2.75, 3.05) is 0 Å². The fourth-order valence-electron chi connectivity index (χ4n) is 2.61. The van der Waals surface area contributed by atoms with Crippen molar-refractivity contribution in [3.8, 4) is 0 Å². The van der Waals surface area contributed by atoms with Crippen molar-refractivity contribution in [1.82, 2.24) is 0 Å². The summed E-state index contributed by atoms with van der Waals surface area (Å²) in [4.78, 5) is 12.1. The summed E-state index contributed by atoms with van der Waals surface area (Å²) in [7, 11) is -0.467. The molecule has 1 aliphatic rings. The van der Waals surface area contributed by atoms with Gasteiger partial charge in [0, 0.05) is 5.20 Å². The Morgan fingerprint density at radius 2 is 1.78 bits per heavy atom. The van der Waals surface area contributed by atoms with Crippen LogP contribution in [0.2, 0.25) is 5.54 Å². The molecule has 0 atom stereocenters. The molecule has 0 spiro atoms. The van der Waals surface area contributed by atoms with E-state index in [2.05, 4.69) is 19.9 Å². The predicted octanol–water partition coefficient (Wildman–Crippen LogP) is 3.40. The molecule has 1 rings (SSSR count). The van der Waals surface area contributed by atoms with Crippen molar-refractivity contribution in [3.05, 3.63) is 11.3 Å². The highest BCUT2D eigenvalue weighted by Crippen LogP contribution is 2.29. The van der Waals surface area contributed by atoms with E-state index in [-0.39, 0.29) is 12.1 Å². The molecule has 0 unspecified atom stereocenters. The van der Waals surface area contributed by atoms with Gasteiger partial charge in [0.25, 0.3) is 0 Å². The second-order valence-electron chi connectivity index (χ2n) is 6.10. The highest BCUT2D eigenvalue weighted by molar-refractivity contribution is 6.54. The van der Waals surface area contributed by atoms with E-state index >= 15 is 0 Å². The number of allylic oxidation sites excluding steroid dienone is 1. The molecule has 0 aromatic heterocycles. The molecule has 0 amide bonds. The van der Waals surface area contributed by atoms with Crippen molar-refractivity contribution in [2.45, 2.75) is 71.4 Å². The summed E-state index contributed by atoms with van der Waals surface area (Å²) >= 11 is 0. The molecule has 18 heavy (non-hydrogen) atoms. The zero-order chi connectivity index (χ0) is 13.5. The monoisotopic (exact) mass is 268 g/mol. The van der Waals surface area contributed by atoms with Gasteiger partial charge in [-0.3, -0.25) is 0 Å². The molecule has 0 aromatic rings. The second kappa shape index (κ2) is 7.77.